The average molecular weight is 919 g/mol. The van der Waals surface area contributed by atoms with E-state index < -0.39 is 38.0 Å². The van der Waals surface area contributed by atoms with E-state index in [1.165, 1.54) is 82.0 Å². The SMILES string of the molecule is C.C.CC(C)(C)OP(=O)(OCCl)OC(C)(C)C.CC(C)(C)OP(=O)([O-])OC(C)(C)C.CCCC[N+](CCCC)(CCCC)CCCC.ClCI. The van der Waals surface area contributed by atoms with Gasteiger partial charge in [0, 0.05) is 0 Å². The zero-order chi connectivity index (χ0) is 38.9. The van der Waals surface area contributed by atoms with Gasteiger partial charge in [-0.15, -0.1) is 11.6 Å². The van der Waals surface area contributed by atoms with Crippen LogP contribution in [0.2, 0.25) is 0 Å². The molecule has 0 heterocycles. The highest BCUT2D eigenvalue weighted by Gasteiger charge is 2.37. The lowest BCUT2D eigenvalue weighted by Gasteiger charge is -2.39. The van der Waals surface area contributed by atoms with Gasteiger partial charge in [-0.25, -0.2) is 4.57 Å². The lowest BCUT2D eigenvalue weighted by molar-refractivity contribution is -0.929. The molecule has 0 atom stereocenters. The average Bonchev–Trinajstić information content (AvgIpc) is 2.84. The standard InChI is InChI=1S/C16H36N.C9H20ClO4P.C8H19O4P.CH2ClI.2CH4/c1-5-9-13-17(14-10-6-2,15-11-7-3)16-12-8-4;1-8(2,3)13-15(11,12-7-10)14-9(4,5)6;1-7(2,3)11-13(9,10)12-8(4,5)6;2-1-3;;/h5-16H2,1-4H3;7H2,1-6H3;1-6H3,(H,9,10);1H2;2*1H4/q+1;;;;;/p-1. The number of rotatable bonds is 18. The van der Waals surface area contributed by atoms with E-state index in [9.17, 15) is 14.0 Å². The van der Waals surface area contributed by atoms with Gasteiger partial charge in [0.2, 0.25) is 0 Å². The first-order valence-corrected chi connectivity index (χ1v) is 23.0. The molecule has 0 aliphatic rings. The van der Waals surface area contributed by atoms with Gasteiger partial charge in [-0.05, 0) is 109 Å². The Balaban J connectivity index is -0.000000138. The molecule has 0 aliphatic carbocycles. The summed E-state index contributed by atoms with van der Waals surface area (Å²) in [7, 11) is -7.78. The summed E-state index contributed by atoms with van der Waals surface area (Å²) in [6.07, 6.45) is 11.1. The zero-order valence-corrected chi connectivity index (χ0v) is 39.1. The molecule has 0 rings (SSSR count). The normalized spacial score (nSPS) is 12.6. The fraction of sp³-hybridized carbons (Fsp3) is 1.00. The first kappa shape index (κ1) is 63.4. The second kappa shape index (κ2) is 31.7. The van der Waals surface area contributed by atoms with Gasteiger partial charge in [0.15, 0.2) is 0 Å². The van der Waals surface area contributed by atoms with Crippen molar-refractivity contribution in [2.75, 3.05) is 36.1 Å². The summed E-state index contributed by atoms with van der Waals surface area (Å²) in [6.45, 7) is 35.6. The minimum atomic E-state index is -4.19. The van der Waals surface area contributed by atoms with Crippen LogP contribution in [0, 0.1) is 0 Å². The molecule has 0 fully saturated rings. The highest BCUT2D eigenvalue weighted by molar-refractivity contribution is 14.1. The third-order valence-corrected chi connectivity index (χ3v) is 9.49. The molecular formula is C36H84Cl2INO8P2. The van der Waals surface area contributed by atoms with Gasteiger partial charge in [0.1, 0.15) is 6.07 Å². The Morgan fingerprint density at radius 1 is 0.560 bits per heavy atom. The van der Waals surface area contributed by atoms with Crippen molar-refractivity contribution in [3.05, 3.63) is 0 Å². The smallest absolute Gasteiger partial charge is 0.476 e. The van der Waals surface area contributed by atoms with Gasteiger partial charge in [0.05, 0.1) is 52.5 Å². The maximum absolute atomic E-state index is 12.1. The van der Waals surface area contributed by atoms with E-state index in [0.29, 0.717) is 3.89 Å². The van der Waals surface area contributed by atoms with Crippen molar-refractivity contribution >= 4 is 61.4 Å². The van der Waals surface area contributed by atoms with Gasteiger partial charge in [0.25, 0.3) is 7.82 Å². The molecule has 0 aromatic heterocycles. The van der Waals surface area contributed by atoms with Crippen LogP contribution in [-0.4, -0.2) is 63.0 Å². The predicted molar refractivity (Wildman–Crippen MR) is 228 cm³/mol. The quantitative estimate of drug-likeness (QED) is 0.0580. The first-order chi connectivity index (χ1) is 21.5. The molecule has 0 amide bonds. The third kappa shape index (κ3) is 47.5. The van der Waals surface area contributed by atoms with E-state index in [-0.39, 0.29) is 20.9 Å². The topological polar surface area (TPSA) is 103 Å². The number of phosphoric acid groups is 2. The molecule has 14 heteroatoms. The molecule has 0 saturated carbocycles. The molecule has 0 radical (unpaired) electrons. The highest BCUT2D eigenvalue weighted by atomic mass is 127. The highest BCUT2D eigenvalue weighted by Crippen LogP contribution is 2.55. The third-order valence-electron chi connectivity index (χ3n) is 5.69. The van der Waals surface area contributed by atoms with Crippen molar-refractivity contribution in [3.63, 3.8) is 0 Å². The van der Waals surface area contributed by atoms with Crippen molar-refractivity contribution in [2.24, 2.45) is 0 Å². The van der Waals surface area contributed by atoms with Crippen LogP contribution in [0.3, 0.4) is 0 Å². The number of hydrogen-bond donors (Lipinski definition) is 0. The van der Waals surface area contributed by atoms with E-state index in [4.69, 9.17) is 45.8 Å². The Morgan fingerprint density at radius 2 is 0.780 bits per heavy atom. The maximum atomic E-state index is 12.1. The molecule has 9 nitrogen and oxygen atoms in total. The monoisotopic (exact) mass is 917 g/mol. The summed E-state index contributed by atoms with van der Waals surface area (Å²) in [6, 6.07) is -0.233. The van der Waals surface area contributed by atoms with E-state index >= 15 is 0 Å². The number of quaternary nitrogens is 1. The second-order valence-electron chi connectivity index (χ2n) is 15.7. The van der Waals surface area contributed by atoms with Crippen molar-refractivity contribution < 1.29 is 41.1 Å². The van der Waals surface area contributed by atoms with Gasteiger partial charge in [-0.2, -0.15) is 0 Å². The summed E-state index contributed by atoms with van der Waals surface area (Å²) >= 11 is 12.4. The van der Waals surface area contributed by atoms with E-state index in [1.807, 2.05) is 0 Å². The van der Waals surface area contributed by atoms with Crippen LogP contribution < -0.4 is 4.89 Å². The summed E-state index contributed by atoms with van der Waals surface area (Å²) in [5.41, 5.74) is -2.73. The minimum absolute atomic E-state index is 0. The van der Waals surface area contributed by atoms with Crippen LogP contribution in [0.4, 0.5) is 0 Å². The molecule has 0 unspecified atom stereocenters. The fourth-order valence-electron chi connectivity index (χ4n) is 4.14. The second-order valence-corrected chi connectivity index (χ2v) is 20.6. The number of alkyl halides is 3. The van der Waals surface area contributed by atoms with Crippen LogP contribution in [0.5, 0.6) is 0 Å². The Hall–Kier alpha value is 1.49. The first-order valence-electron chi connectivity index (χ1n) is 17.5. The Kier molecular flexibility index (Phi) is 40.2. The molecule has 0 N–H and O–H groups in total. The van der Waals surface area contributed by atoms with Crippen molar-refractivity contribution in [2.45, 2.75) is 199 Å². The maximum Gasteiger partial charge on any atom is 0.476 e. The summed E-state index contributed by atoms with van der Waals surface area (Å²) in [5, 5.41) is 0. The Bertz CT molecular complexity index is 782. The minimum Gasteiger partial charge on any atom is -0.756 e. The summed E-state index contributed by atoms with van der Waals surface area (Å²) < 4.78 is 50.4. The van der Waals surface area contributed by atoms with Gasteiger partial charge >= 0.3 is 7.82 Å². The molecule has 0 aliphatic heterocycles. The Morgan fingerprint density at radius 3 is 0.940 bits per heavy atom. The zero-order valence-electron chi connectivity index (χ0n) is 33.6. The molecular weight excluding hydrogens is 834 g/mol. The van der Waals surface area contributed by atoms with E-state index in [1.54, 1.807) is 83.1 Å². The predicted octanol–water partition coefficient (Wildman–Crippen LogP) is 13.9. The number of nitrogens with zero attached hydrogens (tertiary/aromatic N) is 1. The van der Waals surface area contributed by atoms with Crippen LogP contribution in [0.1, 0.15) is 177 Å². The molecule has 0 aromatic rings. The van der Waals surface area contributed by atoms with Crippen molar-refractivity contribution in [3.8, 4) is 0 Å². The van der Waals surface area contributed by atoms with Crippen molar-refractivity contribution in [1.29, 1.82) is 0 Å². The van der Waals surface area contributed by atoms with Crippen molar-refractivity contribution in [1.82, 2.24) is 0 Å². The molecule has 0 spiro atoms. The molecule has 0 saturated heterocycles. The molecule has 0 bridgehead atoms. The molecule has 50 heavy (non-hydrogen) atoms. The summed E-state index contributed by atoms with van der Waals surface area (Å²) in [5.74, 6) is 0. The largest absolute Gasteiger partial charge is 0.756 e. The fourth-order valence-corrected chi connectivity index (χ4v) is 7.48. The number of halogens is 3. The van der Waals surface area contributed by atoms with E-state index in [0.717, 1.165) is 0 Å². The number of unbranched alkanes of at least 4 members (excludes halogenated alkanes) is 4. The lowest BCUT2D eigenvalue weighted by Crippen LogP contribution is -2.50. The van der Waals surface area contributed by atoms with E-state index in [2.05, 4.69) is 50.3 Å². The number of phosphoric ester groups is 2. The van der Waals surface area contributed by atoms with Crippen LogP contribution in [-0.2, 0) is 31.7 Å². The molecule has 0 aromatic carbocycles. The molecule has 312 valence electrons. The van der Waals surface area contributed by atoms with Gasteiger partial charge in [-0.1, -0.05) is 102 Å². The van der Waals surface area contributed by atoms with Crippen LogP contribution >= 0.6 is 61.4 Å². The lowest BCUT2D eigenvalue weighted by atomic mass is 10.1. The van der Waals surface area contributed by atoms with Crippen LogP contribution in [0.25, 0.3) is 0 Å². The van der Waals surface area contributed by atoms with Gasteiger partial charge < -0.3 is 18.4 Å². The van der Waals surface area contributed by atoms with Crippen LogP contribution in [0.15, 0.2) is 0 Å². The summed E-state index contributed by atoms with van der Waals surface area (Å²) in [4.78, 5) is 11.2. The Labute approximate surface area is 336 Å². The number of hydrogen-bond acceptors (Lipinski definition) is 8. The van der Waals surface area contributed by atoms with Gasteiger partial charge in [-0.3, -0.25) is 18.1 Å².